The Hall–Kier alpha value is -1.81. The molecule has 1 saturated heterocycles. The highest BCUT2D eigenvalue weighted by Crippen LogP contribution is 2.34. The number of hydrogen-bond acceptors (Lipinski definition) is 2. The molecule has 0 bridgehead atoms. The highest BCUT2D eigenvalue weighted by atomic mass is 32.2. The van der Waals surface area contributed by atoms with E-state index in [0.717, 1.165) is 30.8 Å². The number of hydrogen-bond donors (Lipinski definition) is 0. The van der Waals surface area contributed by atoms with Gasteiger partial charge in [0, 0.05) is 24.1 Å². The van der Waals surface area contributed by atoms with Gasteiger partial charge in [-0.3, -0.25) is 4.79 Å². The van der Waals surface area contributed by atoms with Crippen molar-refractivity contribution in [3.63, 3.8) is 0 Å². The van der Waals surface area contributed by atoms with Crippen LogP contribution in [-0.4, -0.2) is 29.6 Å². The van der Waals surface area contributed by atoms with Crippen molar-refractivity contribution in [1.29, 1.82) is 0 Å². The van der Waals surface area contributed by atoms with Crippen molar-refractivity contribution < 1.29 is 9.18 Å². The van der Waals surface area contributed by atoms with E-state index in [-0.39, 0.29) is 11.7 Å². The Morgan fingerprint density at radius 2 is 1.83 bits per heavy atom. The number of benzene rings is 2. The number of carbonyl (C=O) groups excluding carboxylic acids is 1. The molecule has 0 N–H and O–H groups in total. The van der Waals surface area contributed by atoms with Gasteiger partial charge in [0.15, 0.2) is 0 Å². The van der Waals surface area contributed by atoms with E-state index in [0.29, 0.717) is 11.7 Å². The summed E-state index contributed by atoms with van der Waals surface area (Å²) in [7, 11) is 0. The summed E-state index contributed by atoms with van der Waals surface area (Å²) in [6.45, 7) is 1.57. The minimum atomic E-state index is -0.266. The summed E-state index contributed by atoms with van der Waals surface area (Å²) in [5, 5.41) is 0.458. The van der Waals surface area contributed by atoms with E-state index in [1.807, 2.05) is 22.7 Å². The molecule has 1 aliphatic rings. The van der Waals surface area contributed by atoms with Crippen LogP contribution in [-0.2, 0) is 11.2 Å². The third-order valence-corrected chi connectivity index (χ3v) is 5.46. The number of nitrogens with zero attached hydrogens (tertiary/aromatic N) is 1. The second kappa shape index (κ2) is 7.64. The molecule has 2 nitrogen and oxygen atoms in total. The number of amides is 1. The maximum absolute atomic E-state index is 12.9. The number of rotatable bonds is 3. The van der Waals surface area contributed by atoms with Crippen LogP contribution in [0.2, 0.25) is 0 Å². The lowest BCUT2D eigenvalue weighted by Gasteiger charge is -2.20. The zero-order chi connectivity index (χ0) is 16.1. The van der Waals surface area contributed by atoms with E-state index >= 15 is 0 Å². The molecule has 1 amide bonds. The predicted octanol–water partition coefficient (Wildman–Crippen LogP) is 4.08. The molecule has 0 saturated carbocycles. The molecule has 1 fully saturated rings. The van der Waals surface area contributed by atoms with Crippen LogP contribution in [0.3, 0.4) is 0 Å². The molecular formula is C19H20FNOS. The van der Waals surface area contributed by atoms with Gasteiger partial charge in [-0.15, -0.1) is 0 Å². The SMILES string of the molecule is O=C(Cc1ccc(F)cc1)N1CCS[C@H](c2ccccc2)CC1. The first-order valence-corrected chi connectivity index (χ1v) is 8.96. The standard InChI is InChI=1S/C19H20FNOS/c20-17-8-6-15(7-9-17)14-19(22)21-11-10-18(23-13-12-21)16-4-2-1-3-5-16/h1-9,18H,10-14H2/t18-/m0/s1. The fraction of sp³-hybridized carbons (Fsp3) is 0.316. The molecule has 0 aliphatic carbocycles. The topological polar surface area (TPSA) is 20.3 Å². The summed E-state index contributed by atoms with van der Waals surface area (Å²) >= 11 is 1.92. The zero-order valence-electron chi connectivity index (χ0n) is 13.0. The Morgan fingerprint density at radius 1 is 1.09 bits per heavy atom. The van der Waals surface area contributed by atoms with Crippen LogP contribution in [0, 0.1) is 5.82 Å². The van der Waals surface area contributed by atoms with E-state index in [2.05, 4.69) is 24.3 Å². The largest absolute Gasteiger partial charge is 0.342 e. The second-order valence-electron chi connectivity index (χ2n) is 5.74. The molecule has 1 aliphatic heterocycles. The Kier molecular flexibility index (Phi) is 5.34. The Bertz CT molecular complexity index is 644. The summed E-state index contributed by atoms with van der Waals surface area (Å²) in [4.78, 5) is 14.4. The highest BCUT2D eigenvalue weighted by Gasteiger charge is 2.21. The normalized spacial score (nSPS) is 18.5. The van der Waals surface area contributed by atoms with Gasteiger partial charge in [0.2, 0.25) is 5.91 Å². The minimum absolute atomic E-state index is 0.130. The highest BCUT2D eigenvalue weighted by molar-refractivity contribution is 7.99. The molecule has 4 heteroatoms. The summed E-state index contributed by atoms with van der Waals surface area (Å²) in [5.74, 6) is 0.818. The van der Waals surface area contributed by atoms with Crippen LogP contribution in [0.15, 0.2) is 54.6 Å². The van der Waals surface area contributed by atoms with Gasteiger partial charge in [0.25, 0.3) is 0 Å². The van der Waals surface area contributed by atoms with Crippen LogP contribution < -0.4 is 0 Å². The monoisotopic (exact) mass is 329 g/mol. The molecule has 1 heterocycles. The minimum Gasteiger partial charge on any atom is -0.342 e. The molecule has 120 valence electrons. The molecule has 2 aromatic rings. The first kappa shape index (κ1) is 16.1. The van der Waals surface area contributed by atoms with Crippen molar-refractivity contribution in [2.24, 2.45) is 0 Å². The number of halogens is 1. The molecule has 3 rings (SSSR count). The molecular weight excluding hydrogens is 309 g/mol. The van der Waals surface area contributed by atoms with E-state index in [9.17, 15) is 9.18 Å². The van der Waals surface area contributed by atoms with E-state index in [1.165, 1.54) is 17.7 Å². The van der Waals surface area contributed by atoms with Gasteiger partial charge in [-0.2, -0.15) is 11.8 Å². The second-order valence-corrected chi connectivity index (χ2v) is 7.05. The summed E-state index contributed by atoms with van der Waals surface area (Å²) < 4.78 is 12.9. The fourth-order valence-electron chi connectivity index (χ4n) is 2.84. The molecule has 0 aromatic heterocycles. The Morgan fingerprint density at radius 3 is 2.57 bits per heavy atom. The van der Waals surface area contributed by atoms with Gasteiger partial charge < -0.3 is 4.90 Å². The van der Waals surface area contributed by atoms with Gasteiger partial charge in [-0.25, -0.2) is 4.39 Å². The smallest absolute Gasteiger partial charge is 0.227 e. The quantitative estimate of drug-likeness (QED) is 0.846. The number of thioether (sulfide) groups is 1. The fourth-order valence-corrected chi connectivity index (χ4v) is 4.07. The molecule has 2 aromatic carbocycles. The van der Waals surface area contributed by atoms with Crippen LogP contribution in [0.5, 0.6) is 0 Å². The lowest BCUT2D eigenvalue weighted by atomic mass is 10.1. The van der Waals surface area contributed by atoms with Gasteiger partial charge >= 0.3 is 0 Å². The maximum Gasteiger partial charge on any atom is 0.227 e. The first-order valence-electron chi connectivity index (χ1n) is 7.91. The van der Waals surface area contributed by atoms with Crippen molar-refractivity contribution >= 4 is 17.7 Å². The molecule has 1 atom stereocenters. The maximum atomic E-state index is 12.9. The molecule has 0 unspecified atom stereocenters. The summed E-state index contributed by atoms with van der Waals surface area (Å²) in [6.07, 6.45) is 1.32. The van der Waals surface area contributed by atoms with Crippen LogP contribution in [0.1, 0.15) is 22.8 Å². The molecule has 0 spiro atoms. The zero-order valence-corrected chi connectivity index (χ0v) is 13.8. The van der Waals surface area contributed by atoms with Gasteiger partial charge in [-0.05, 0) is 29.7 Å². The van der Waals surface area contributed by atoms with E-state index < -0.39 is 0 Å². The average Bonchev–Trinajstić information content (AvgIpc) is 2.84. The predicted molar refractivity (Wildman–Crippen MR) is 92.9 cm³/mol. The lowest BCUT2D eigenvalue weighted by Crippen LogP contribution is -2.34. The van der Waals surface area contributed by atoms with Crippen LogP contribution >= 0.6 is 11.8 Å². The van der Waals surface area contributed by atoms with E-state index in [4.69, 9.17) is 0 Å². The van der Waals surface area contributed by atoms with Crippen molar-refractivity contribution in [3.8, 4) is 0 Å². The average molecular weight is 329 g/mol. The van der Waals surface area contributed by atoms with Crippen LogP contribution in [0.25, 0.3) is 0 Å². The van der Waals surface area contributed by atoms with E-state index in [1.54, 1.807) is 12.1 Å². The van der Waals surface area contributed by atoms with Gasteiger partial charge in [0.05, 0.1) is 6.42 Å². The van der Waals surface area contributed by atoms with Crippen molar-refractivity contribution in [1.82, 2.24) is 4.90 Å². The van der Waals surface area contributed by atoms with Crippen molar-refractivity contribution in [3.05, 3.63) is 71.5 Å². The first-order chi connectivity index (χ1) is 11.2. The van der Waals surface area contributed by atoms with Crippen molar-refractivity contribution in [2.45, 2.75) is 18.1 Å². The third kappa shape index (κ3) is 4.35. The Balaban J connectivity index is 1.59. The third-order valence-electron chi connectivity index (χ3n) is 4.13. The Labute approximate surface area is 140 Å². The number of carbonyl (C=O) groups is 1. The molecule has 0 radical (unpaired) electrons. The van der Waals surface area contributed by atoms with Crippen molar-refractivity contribution in [2.75, 3.05) is 18.8 Å². The van der Waals surface area contributed by atoms with Gasteiger partial charge in [-0.1, -0.05) is 42.5 Å². The summed E-state index contributed by atoms with van der Waals surface area (Å²) in [5.41, 5.74) is 2.21. The van der Waals surface area contributed by atoms with Crippen LogP contribution in [0.4, 0.5) is 4.39 Å². The van der Waals surface area contributed by atoms with Gasteiger partial charge in [0.1, 0.15) is 5.82 Å². The lowest BCUT2D eigenvalue weighted by molar-refractivity contribution is -0.130. The summed E-state index contributed by atoms with van der Waals surface area (Å²) in [6, 6.07) is 16.7. The molecule has 23 heavy (non-hydrogen) atoms.